The molecule has 5 nitrogen and oxygen atoms in total. The molecule has 0 heterocycles. The van der Waals surface area contributed by atoms with Gasteiger partial charge in [0.15, 0.2) is 0 Å². The molecule has 0 saturated heterocycles. The molecule has 5 heteroatoms. The van der Waals surface area contributed by atoms with Crippen LogP contribution in [0.4, 0.5) is 5.69 Å². The summed E-state index contributed by atoms with van der Waals surface area (Å²) in [4.78, 5) is 27.6. The number of amides is 2. The van der Waals surface area contributed by atoms with Gasteiger partial charge in [-0.1, -0.05) is 6.07 Å². The molecule has 17 heavy (non-hydrogen) atoms. The van der Waals surface area contributed by atoms with Crippen molar-refractivity contribution in [2.24, 2.45) is 5.92 Å². The van der Waals surface area contributed by atoms with Crippen molar-refractivity contribution in [3.8, 4) is 0 Å². The highest BCUT2D eigenvalue weighted by Crippen LogP contribution is 2.30. The Morgan fingerprint density at radius 3 is 2.76 bits per heavy atom. The van der Waals surface area contributed by atoms with Crippen molar-refractivity contribution in [3.05, 3.63) is 29.8 Å². The summed E-state index contributed by atoms with van der Waals surface area (Å²) in [5.74, 6) is -0.171. The molecular weight excluding hydrogens is 220 g/mol. The molecule has 0 radical (unpaired) electrons. The zero-order chi connectivity index (χ0) is 12.3. The van der Waals surface area contributed by atoms with Gasteiger partial charge in [0.1, 0.15) is 0 Å². The number of anilines is 1. The van der Waals surface area contributed by atoms with E-state index in [1.807, 2.05) is 0 Å². The van der Waals surface area contributed by atoms with Crippen molar-refractivity contribution < 1.29 is 14.4 Å². The van der Waals surface area contributed by atoms with Crippen molar-refractivity contribution in [2.75, 3.05) is 12.4 Å². The Hall–Kier alpha value is -1.88. The lowest BCUT2D eigenvalue weighted by molar-refractivity contribution is -0.117. The van der Waals surface area contributed by atoms with Gasteiger partial charge in [-0.15, -0.1) is 0 Å². The summed E-state index contributed by atoms with van der Waals surface area (Å²) >= 11 is 0. The quantitative estimate of drug-likeness (QED) is 0.772. The smallest absolute Gasteiger partial charge is 0.274 e. The lowest BCUT2D eigenvalue weighted by atomic mass is 10.2. The minimum absolute atomic E-state index is 0.0225. The summed E-state index contributed by atoms with van der Waals surface area (Å²) in [6.45, 7) is 0. The molecule has 1 aliphatic carbocycles. The molecule has 0 bridgehead atoms. The molecule has 0 atom stereocenters. The van der Waals surface area contributed by atoms with Crippen molar-refractivity contribution >= 4 is 17.5 Å². The molecule has 0 aliphatic heterocycles. The van der Waals surface area contributed by atoms with E-state index in [2.05, 4.69) is 15.6 Å². The van der Waals surface area contributed by atoms with Crippen molar-refractivity contribution in [1.29, 1.82) is 0 Å². The zero-order valence-corrected chi connectivity index (χ0v) is 9.53. The van der Waals surface area contributed by atoms with E-state index in [-0.39, 0.29) is 17.7 Å². The SMILES string of the molecule is CONC(=O)c1cccc(NC(=O)C2CC2)c1. The molecule has 2 N–H and O–H groups in total. The summed E-state index contributed by atoms with van der Waals surface area (Å²) in [7, 11) is 1.37. The van der Waals surface area contributed by atoms with E-state index in [1.54, 1.807) is 24.3 Å². The normalized spacial score (nSPS) is 14.2. The zero-order valence-electron chi connectivity index (χ0n) is 9.53. The van der Waals surface area contributed by atoms with Gasteiger partial charge in [0.2, 0.25) is 5.91 Å². The van der Waals surface area contributed by atoms with E-state index in [1.165, 1.54) is 7.11 Å². The maximum Gasteiger partial charge on any atom is 0.274 e. The standard InChI is InChI=1S/C12H14N2O3/c1-17-14-12(16)9-3-2-4-10(7-9)13-11(15)8-5-6-8/h2-4,7-8H,5-6H2,1H3,(H,13,15)(H,14,16). The van der Waals surface area contributed by atoms with Crippen LogP contribution < -0.4 is 10.8 Å². The van der Waals surface area contributed by atoms with Crippen LogP contribution in [0.25, 0.3) is 0 Å². The van der Waals surface area contributed by atoms with Gasteiger partial charge >= 0.3 is 0 Å². The number of carbonyl (C=O) groups excluding carboxylic acids is 2. The molecular formula is C12H14N2O3. The summed E-state index contributed by atoms with van der Waals surface area (Å²) in [6, 6.07) is 6.74. The van der Waals surface area contributed by atoms with E-state index in [4.69, 9.17) is 0 Å². The Labute approximate surface area is 99.1 Å². The summed E-state index contributed by atoms with van der Waals surface area (Å²) in [5, 5.41) is 2.78. The molecule has 90 valence electrons. The van der Waals surface area contributed by atoms with Crippen LogP contribution in [0.5, 0.6) is 0 Å². The molecule has 2 amide bonds. The maximum atomic E-state index is 11.5. The van der Waals surface area contributed by atoms with Gasteiger partial charge in [-0.05, 0) is 31.0 Å². The Bertz CT molecular complexity index is 441. The van der Waals surface area contributed by atoms with Crippen molar-refractivity contribution in [3.63, 3.8) is 0 Å². The number of benzene rings is 1. The molecule has 2 rings (SSSR count). The van der Waals surface area contributed by atoms with Gasteiger partial charge in [0, 0.05) is 17.2 Å². The van der Waals surface area contributed by atoms with Crippen LogP contribution in [0.3, 0.4) is 0 Å². The Morgan fingerprint density at radius 2 is 2.12 bits per heavy atom. The maximum absolute atomic E-state index is 11.5. The first-order valence-corrected chi connectivity index (χ1v) is 5.45. The van der Waals surface area contributed by atoms with Crippen LogP contribution >= 0.6 is 0 Å². The highest BCUT2D eigenvalue weighted by atomic mass is 16.6. The summed E-state index contributed by atoms with van der Waals surface area (Å²) in [6.07, 6.45) is 1.91. The number of hydrogen-bond acceptors (Lipinski definition) is 3. The average molecular weight is 234 g/mol. The topological polar surface area (TPSA) is 67.4 Å². The van der Waals surface area contributed by atoms with Crippen molar-refractivity contribution in [1.82, 2.24) is 5.48 Å². The highest BCUT2D eigenvalue weighted by Gasteiger charge is 2.29. The Balaban J connectivity index is 2.05. The second kappa shape index (κ2) is 4.97. The number of hydrogen-bond donors (Lipinski definition) is 2. The summed E-state index contributed by atoms with van der Waals surface area (Å²) in [5.41, 5.74) is 3.30. The lowest BCUT2D eigenvalue weighted by Gasteiger charge is -2.06. The predicted molar refractivity (Wildman–Crippen MR) is 62.3 cm³/mol. The third kappa shape index (κ3) is 3.04. The molecule has 0 unspecified atom stereocenters. The second-order valence-corrected chi connectivity index (χ2v) is 3.98. The lowest BCUT2D eigenvalue weighted by Crippen LogP contribution is -2.22. The number of hydroxylamine groups is 1. The van der Waals surface area contributed by atoms with Crippen LogP contribution in [-0.2, 0) is 9.63 Å². The fourth-order valence-electron chi connectivity index (χ4n) is 1.48. The van der Waals surface area contributed by atoms with Gasteiger partial charge in [0.05, 0.1) is 7.11 Å². The van der Waals surface area contributed by atoms with Gasteiger partial charge < -0.3 is 5.32 Å². The number of nitrogens with one attached hydrogen (secondary N) is 2. The van der Waals surface area contributed by atoms with Gasteiger partial charge in [0.25, 0.3) is 5.91 Å². The van der Waals surface area contributed by atoms with E-state index in [0.717, 1.165) is 12.8 Å². The van der Waals surface area contributed by atoms with Crippen LogP contribution in [0.1, 0.15) is 23.2 Å². The van der Waals surface area contributed by atoms with E-state index >= 15 is 0 Å². The third-order valence-corrected chi connectivity index (χ3v) is 2.54. The average Bonchev–Trinajstić information content (AvgIpc) is 3.13. The molecule has 0 aromatic heterocycles. The fourth-order valence-corrected chi connectivity index (χ4v) is 1.48. The molecule has 1 aromatic rings. The fraction of sp³-hybridized carbons (Fsp3) is 0.333. The minimum Gasteiger partial charge on any atom is -0.326 e. The van der Waals surface area contributed by atoms with Crippen LogP contribution in [0, 0.1) is 5.92 Å². The first-order valence-electron chi connectivity index (χ1n) is 5.45. The summed E-state index contributed by atoms with van der Waals surface area (Å²) < 4.78 is 0. The third-order valence-electron chi connectivity index (χ3n) is 2.54. The highest BCUT2D eigenvalue weighted by molar-refractivity contribution is 5.97. The van der Waals surface area contributed by atoms with E-state index in [9.17, 15) is 9.59 Å². The number of carbonyl (C=O) groups is 2. The molecule has 1 saturated carbocycles. The molecule has 0 spiro atoms. The van der Waals surface area contributed by atoms with Crippen LogP contribution in [-0.4, -0.2) is 18.9 Å². The first-order chi connectivity index (χ1) is 8.20. The second-order valence-electron chi connectivity index (χ2n) is 3.98. The molecule has 1 aliphatic rings. The first kappa shape index (κ1) is 11.6. The Morgan fingerprint density at radius 1 is 1.35 bits per heavy atom. The monoisotopic (exact) mass is 234 g/mol. The van der Waals surface area contributed by atoms with Gasteiger partial charge in [-0.3, -0.25) is 14.4 Å². The van der Waals surface area contributed by atoms with Crippen LogP contribution in [0.15, 0.2) is 24.3 Å². The Kier molecular flexibility index (Phi) is 3.39. The largest absolute Gasteiger partial charge is 0.326 e. The van der Waals surface area contributed by atoms with Crippen LogP contribution in [0.2, 0.25) is 0 Å². The number of rotatable bonds is 4. The van der Waals surface area contributed by atoms with Crippen molar-refractivity contribution in [2.45, 2.75) is 12.8 Å². The predicted octanol–water partition coefficient (Wildman–Crippen LogP) is 1.33. The van der Waals surface area contributed by atoms with E-state index in [0.29, 0.717) is 11.3 Å². The van der Waals surface area contributed by atoms with Gasteiger partial charge in [-0.25, -0.2) is 5.48 Å². The minimum atomic E-state index is -0.338. The molecule has 1 fully saturated rings. The van der Waals surface area contributed by atoms with Gasteiger partial charge in [-0.2, -0.15) is 0 Å². The van der Waals surface area contributed by atoms with E-state index < -0.39 is 0 Å². The molecule has 1 aromatic carbocycles.